The molecule has 0 fully saturated rings. The quantitative estimate of drug-likeness (QED) is 0.684. The first kappa shape index (κ1) is 10.5. The highest BCUT2D eigenvalue weighted by atomic mass is 16.6. The maximum absolute atomic E-state index is 5.67. The Labute approximate surface area is 102 Å². The Morgan fingerprint density at radius 1 is 1.33 bits per heavy atom. The standard InChI is InChI=1S/C10H11N7O/c1-5-6-3-7(12-2)13-4-17(6)14-8(5)9-10(11)16-18-15-9/h3-4,12H,1-2H3,(H2,11,16). The van der Waals surface area contributed by atoms with Crippen LogP contribution in [0.4, 0.5) is 11.6 Å². The summed E-state index contributed by atoms with van der Waals surface area (Å²) in [4.78, 5) is 4.18. The summed E-state index contributed by atoms with van der Waals surface area (Å²) in [6.45, 7) is 1.94. The van der Waals surface area contributed by atoms with E-state index < -0.39 is 0 Å². The lowest BCUT2D eigenvalue weighted by Gasteiger charge is -1.98. The number of fused-ring (bicyclic) bond motifs is 1. The van der Waals surface area contributed by atoms with Crippen molar-refractivity contribution in [2.45, 2.75) is 6.92 Å². The lowest BCUT2D eigenvalue weighted by molar-refractivity contribution is 0.310. The number of aromatic nitrogens is 5. The smallest absolute Gasteiger partial charge is 0.198 e. The average molecular weight is 245 g/mol. The minimum atomic E-state index is 0.225. The number of hydrogen-bond donors (Lipinski definition) is 2. The van der Waals surface area contributed by atoms with Crippen LogP contribution in [0.15, 0.2) is 17.0 Å². The van der Waals surface area contributed by atoms with E-state index in [2.05, 4.69) is 30.3 Å². The summed E-state index contributed by atoms with van der Waals surface area (Å²) in [6, 6.07) is 1.90. The van der Waals surface area contributed by atoms with Gasteiger partial charge in [-0.15, -0.1) is 0 Å². The lowest BCUT2D eigenvalue weighted by Crippen LogP contribution is -1.95. The van der Waals surface area contributed by atoms with Crippen molar-refractivity contribution in [1.82, 2.24) is 24.9 Å². The number of nitrogen functional groups attached to an aromatic ring is 1. The molecule has 0 aliphatic rings. The highest BCUT2D eigenvalue weighted by Gasteiger charge is 2.18. The van der Waals surface area contributed by atoms with Gasteiger partial charge in [0.15, 0.2) is 11.5 Å². The van der Waals surface area contributed by atoms with E-state index in [-0.39, 0.29) is 5.82 Å². The number of nitrogens with one attached hydrogen (secondary N) is 1. The van der Waals surface area contributed by atoms with Crippen molar-refractivity contribution < 1.29 is 4.63 Å². The van der Waals surface area contributed by atoms with E-state index in [1.807, 2.05) is 20.0 Å². The fourth-order valence-electron chi connectivity index (χ4n) is 1.80. The molecule has 0 saturated carbocycles. The topological polar surface area (TPSA) is 107 Å². The maximum atomic E-state index is 5.67. The van der Waals surface area contributed by atoms with Crippen LogP contribution < -0.4 is 11.1 Å². The van der Waals surface area contributed by atoms with Gasteiger partial charge in [0.2, 0.25) is 0 Å². The van der Waals surface area contributed by atoms with Gasteiger partial charge in [-0.1, -0.05) is 0 Å². The zero-order valence-electron chi connectivity index (χ0n) is 9.88. The lowest BCUT2D eigenvalue weighted by atomic mass is 10.2. The summed E-state index contributed by atoms with van der Waals surface area (Å²) in [7, 11) is 1.81. The van der Waals surface area contributed by atoms with E-state index in [9.17, 15) is 0 Å². The van der Waals surface area contributed by atoms with Gasteiger partial charge in [-0.25, -0.2) is 14.1 Å². The molecule has 3 aromatic rings. The molecule has 0 radical (unpaired) electrons. The molecule has 0 bridgehead atoms. The molecule has 3 N–H and O–H groups in total. The van der Waals surface area contributed by atoms with Crippen LogP contribution in [0.3, 0.4) is 0 Å². The van der Waals surface area contributed by atoms with Gasteiger partial charge >= 0.3 is 0 Å². The fraction of sp³-hybridized carbons (Fsp3) is 0.200. The predicted octanol–water partition coefficient (Wildman–Crippen LogP) is 0.712. The van der Waals surface area contributed by atoms with Crippen LogP contribution in [-0.4, -0.2) is 32.0 Å². The molecule has 0 unspecified atom stereocenters. The Bertz CT molecular complexity index is 714. The largest absolute Gasteiger partial charge is 0.379 e. The molecule has 3 heterocycles. The molecule has 8 heteroatoms. The first-order valence-corrected chi connectivity index (χ1v) is 5.32. The first-order valence-electron chi connectivity index (χ1n) is 5.32. The summed E-state index contributed by atoms with van der Waals surface area (Å²) >= 11 is 0. The monoisotopic (exact) mass is 245 g/mol. The van der Waals surface area contributed by atoms with Gasteiger partial charge in [-0.3, -0.25) is 0 Å². The predicted molar refractivity (Wildman–Crippen MR) is 65.0 cm³/mol. The average Bonchev–Trinajstić information content (AvgIpc) is 2.93. The van der Waals surface area contributed by atoms with Crippen molar-refractivity contribution in [3.8, 4) is 11.4 Å². The van der Waals surface area contributed by atoms with E-state index in [0.717, 1.165) is 16.9 Å². The zero-order chi connectivity index (χ0) is 12.7. The highest BCUT2D eigenvalue weighted by molar-refractivity contribution is 5.76. The van der Waals surface area contributed by atoms with Crippen LogP contribution in [0, 0.1) is 6.92 Å². The first-order chi connectivity index (χ1) is 8.70. The van der Waals surface area contributed by atoms with Gasteiger partial charge in [0.1, 0.15) is 17.8 Å². The van der Waals surface area contributed by atoms with Gasteiger partial charge in [0.05, 0.1) is 5.52 Å². The molecular formula is C10H11N7O. The molecule has 18 heavy (non-hydrogen) atoms. The molecular weight excluding hydrogens is 234 g/mol. The minimum Gasteiger partial charge on any atom is -0.379 e. The van der Waals surface area contributed by atoms with Crippen molar-refractivity contribution in [1.29, 1.82) is 0 Å². The Kier molecular flexibility index (Phi) is 2.15. The number of rotatable bonds is 2. The van der Waals surface area contributed by atoms with Crippen LogP contribution in [-0.2, 0) is 0 Å². The normalized spacial score (nSPS) is 11.0. The summed E-state index contributed by atoms with van der Waals surface area (Å²) < 4.78 is 6.26. The van der Waals surface area contributed by atoms with Crippen LogP contribution in [0.2, 0.25) is 0 Å². The third kappa shape index (κ3) is 1.39. The molecule has 0 aromatic carbocycles. The number of nitrogens with two attached hydrogens (primary N) is 1. The second-order valence-corrected chi connectivity index (χ2v) is 3.83. The molecule has 3 aromatic heterocycles. The van der Waals surface area contributed by atoms with E-state index in [4.69, 9.17) is 5.73 Å². The maximum Gasteiger partial charge on any atom is 0.198 e. The van der Waals surface area contributed by atoms with Crippen molar-refractivity contribution in [3.63, 3.8) is 0 Å². The molecule has 8 nitrogen and oxygen atoms in total. The Morgan fingerprint density at radius 2 is 2.17 bits per heavy atom. The second-order valence-electron chi connectivity index (χ2n) is 3.83. The fourth-order valence-corrected chi connectivity index (χ4v) is 1.80. The van der Waals surface area contributed by atoms with Crippen LogP contribution in [0.1, 0.15) is 5.56 Å². The third-order valence-corrected chi connectivity index (χ3v) is 2.77. The van der Waals surface area contributed by atoms with Crippen molar-refractivity contribution >= 4 is 17.2 Å². The Hall–Kier alpha value is -2.64. The molecule has 0 saturated heterocycles. The summed E-state index contributed by atoms with van der Waals surface area (Å²) in [5.41, 5.74) is 8.63. The van der Waals surface area contributed by atoms with Gasteiger partial charge < -0.3 is 11.1 Å². The molecule has 0 aliphatic heterocycles. The Balaban J connectivity index is 2.26. The SMILES string of the molecule is CNc1cc2c(C)c(-c3nonc3N)nn2cn1. The number of aryl methyl sites for hydroxylation is 1. The molecule has 0 spiro atoms. The van der Waals surface area contributed by atoms with Crippen LogP contribution in [0.5, 0.6) is 0 Å². The molecule has 92 valence electrons. The minimum absolute atomic E-state index is 0.225. The molecule has 0 atom stereocenters. The Morgan fingerprint density at radius 3 is 2.83 bits per heavy atom. The van der Waals surface area contributed by atoms with Gasteiger partial charge in [0, 0.05) is 18.7 Å². The summed E-state index contributed by atoms with van der Waals surface area (Å²) in [5, 5.41) is 14.7. The third-order valence-electron chi connectivity index (χ3n) is 2.77. The van der Waals surface area contributed by atoms with Gasteiger partial charge in [-0.2, -0.15) is 5.10 Å². The van der Waals surface area contributed by atoms with Gasteiger partial charge in [0.25, 0.3) is 0 Å². The number of nitrogens with zero attached hydrogens (tertiary/aromatic N) is 5. The van der Waals surface area contributed by atoms with Gasteiger partial charge in [-0.05, 0) is 17.2 Å². The van der Waals surface area contributed by atoms with E-state index in [1.54, 1.807) is 10.8 Å². The molecule has 0 aliphatic carbocycles. The van der Waals surface area contributed by atoms with E-state index >= 15 is 0 Å². The molecule has 0 amide bonds. The summed E-state index contributed by atoms with van der Waals surface area (Å²) in [5.74, 6) is 0.992. The summed E-state index contributed by atoms with van der Waals surface area (Å²) in [6.07, 6.45) is 1.63. The van der Waals surface area contributed by atoms with Crippen molar-refractivity contribution in [2.24, 2.45) is 0 Å². The van der Waals surface area contributed by atoms with E-state index in [1.165, 1.54) is 0 Å². The second kappa shape index (κ2) is 3.69. The van der Waals surface area contributed by atoms with E-state index in [0.29, 0.717) is 11.4 Å². The van der Waals surface area contributed by atoms with Crippen molar-refractivity contribution in [2.75, 3.05) is 18.1 Å². The van der Waals surface area contributed by atoms with Crippen molar-refractivity contribution in [3.05, 3.63) is 18.0 Å². The van der Waals surface area contributed by atoms with Crippen LogP contribution in [0.25, 0.3) is 16.9 Å². The molecule has 3 rings (SSSR count). The number of hydrogen-bond acceptors (Lipinski definition) is 7. The number of anilines is 2. The highest BCUT2D eigenvalue weighted by Crippen LogP contribution is 2.27. The zero-order valence-corrected chi connectivity index (χ0v) is 9.88. The van der Waals surface area contributed by atoms with Crippen LogP contribution >= 0.6 is 0 Å².